The highest BCUT2D eigenvalue weighted by molar-refractivity contribution is 6.32. The minimum atomic E-state index is -0.327. The maximum atomic E-state index is 12.3. The molecule has 1 aromatic heterocycles. The SMILES string of the molecule is COc1ccc(NC(=O)Cn2nc3n(c2=O)CCCCC3)cc1Cl. The van der Waals surface area contributed by atoms with Crippen LogP contribution in [0.15, 0.2) is 23.0 Å². The van der Waals surface area contributed by atoms with Crippen LogP contribution in [0.5, 0.6) is 5.75 Å². The maximum absolute atomic E-state index is 12.3. The smallest absolute Gasteiger partial charge is 0.346 e. The van der Waals surface area contributed by atoms with E-state index in [2.05, 4.69) is 10.4 Å². The van der Waals surface area contributed by atoms with Crippen LogP contribution in [0.4, 0.5) is 5.69 Å². The standard InChI is InChI=1S/C16H19ClN4O3/c1-24-13-7-6-11(9-12(13)17)18-15(22)10-21-16(23)20-8-4-2-3-5-14(20)19-21/h6-7,9H,2-5,8,10H2,1H3,(H,18,22). The highest BCUT2D eigenvalue weighted by Gasteiger charge is 2.17. The molecule has 2 heterocycles. The van der Waals surface area contributed by atoms with Crippen molar-refractivity contribution in [3.8, 4) is 5.75 Å². The minimum absolute atomic E-state index is 0.123. The second-order valence-corrected chi connectivity index (χ2v) is 6.12. The molecule has 0 atom stereocenters. The van der Waals surface area contributed by atoms with E-state index in [1.807, 2.05) is 0 Å². The first-order valence-corrected chi connectivity index (χ1v) is 8.26. The minimum Gasteiger partial charge on any atom is -0.495 e. The number of aromatic nitrogens is 3. The number of rotatable bonds is 4. The second kappa shape index (κ2) is 7.09. The van der Waals surface area contributed by atoms with Gasteiger partial charge >= 0.3 is 5.69 Å². The Morgan fingerprint density at radius 2 is 2.21 bits per heavy atom. The van der Waals surface area contributed by atoms with Gasteiger partial charge in [0.2, 0.25) is 5.91 Å². The monoisotopic (exact) mass is 350 g/mol. The Balaban J connectivity index is 1.71. The zero-order chi connectivity index (χ0) is 17.1. The van der Waals surface area contributed by atoms with Gasteiger partial charge in [0, 0.05) is 18.7 Å². The molecule has 8 heteroatoms. The van der Waals surface area contributed by atoms with Gasteiger partial charge in [-0.15, -0.1) is 0 Å². The van der Waals surface area contributed by atoms with E-state index in [1.165, 1.54) is 11.8 Å². The maximum Gasteiger partial charge on any atom is 0.346 e. The Kier molecular flexibility index (Phi) is 4.89. The summed E-state index contributed by atoms with van der Waals surface area (Å²) < 4.78 is 7.96. The summed E-state index contributed by atoms with van der Waals surface area (Å²) in [5.74, 6) is 0.966. The lowest BCUT2D eigenvalue weighted by Crippen LogP contribution is -2.30. The first-order chi connectivity index (χ1) is 11.6. The summed E-state index contributed by atoms with van der Waals surface area (Å²) in [5.41, 5.74) is 0.314. The molecule has 7 nitrogen and oxygen atoms in total. The third-order valence-electron chi connectivity index (χ3n) is 4.01. The fourth-order valence-electron chi connectivity index (χ4n) is 2.81. The lowest BCUT2D eigenvalue weighted by atomic mass is 10.2. The molecule has 0 bridgehead atoms. The highest BCUT2D eigenvalue weighted by atomic mass is 35.5. The van der Waals surface area contributed by atoms with Gasteiger partial charge in [-0.1, -0.05) is 18.0 Å². The van der Waals surface area contributed by atoms with Gasteiger partial charge in [-0.25, -0.2) is 9.48 Å². The molecular formula is C16H19ClN4O3. The number of hydrogen-bond acceptors (Lipinski definition) is 4. The number of aryl methyl sites for hydroxylation is 1. The van der Waals surface area contributed by atoms with Gasteiger partial charge in [0.25, 0.3) is 0 Å². The van der Waals surface area contributed by atoms with E-state index in [9.17, 15) is 9.59 Å². The number of nitrogens with zero attached hydrogens (tertiary/aromatic N) is 3. The zero-order valence-electron chi connectivity index (χ0n) is 13.4. The molecule has 2 aromatic rings. The molecule has 1 amide bonds. The number of amides is 1. The van der Waals surface area contributed by atoms with E-state index < -0.39 is 0 Å². The Morgan fingerprint density at radius 1 is 1.38 bits per heavy atom. The molecule has 1 aromatic carbocycles. The molecule has 1 aliphatic heterocycles. The van der Waals surface area contributed by atoms with Crippen molar-refractivity contribution in [1.29, 1.82) is 0 Å². The molecule has 0 aliphatic carbocycles. The topological polar surface area (TPSA) is 78.2 Å². The number of methoxy groups -OCH3 is 1. The van der Waals surface area contributed by atoms with Crippen molar-refractivity contribution in [2.75, 3.05) is 12.4 Å². The Labute approximate surface area is 144 Å². The molecular weight excluding hydrogens is 332 g/mol. The van der Waals surface area contributed by atoms with Crippen molar-refractivity contribution in [2.45, 2.75) is 38.8 Å². The number of halogens is 1. The van der Waals surface area contributed by atoms with Crippen molar-refractivity contribution < 1.29 is 9.53 Å². The fraction of sp³-hybridized carbons (Fsp3) is 0.438. The normalized spacial score (nSPS) is 13.9. The molecule has 1 aliphatic rings. The van der Waals surface area contributed by atoms with Crippen LogP contribution in [0.2, 0.25) is 5.02 Å². The molecule has 1 N–H and O–H groups in total. The molecule has 24 heavy (non-hydrogen) atoms. The number of anilines is 1. The molecule has 0 spiro atoms. The predicted molar refractivity (Wildman–Crippen MR) is 90.7 cm³/mol. The molecule has 128 valence electrons. The molecule has 0 saturated heterocycles. The fourth-order valence-corrected chi connectivity index (χ4v) is 3.07. The second-order valence-electron chi connectivity index (χ2n) is 5.72. The first kappa shape index (κ1) is 16.6. The van der Waals surface area contributed by atoms with E-state index in [0.29, 0.717) is 23.0 Å². The molecule has 3 rings (SSSR count). The van der Waals surface area contributed by atoms with Crippen LogP contribution in [0.25, 0.3) is 0 Å². The molecule has 0 fully saturated rings. The molecule has 0 saturated carbocycles. The van der Waals surface area contributed by atoms with Gasteiger partial charge in [0.1, 0.15) is 18.1 Å². The number of fused-ring (bicyclic) bond motifs is 1. The van der Waals surface area contributed by atoms with E-state index in [-0.39, 0.29) is 18.1 Å². The zero-order valence-corrected chi connectivity index (χ0v) is 14.2. The average molecular weight is 351 g/mol. The number of benzene rings is 1. The summed E-state index contributed by atoms with van der Waals surface area (Å²) in [4.78, 5) is 24.5. The van der Waals surface area contributed by atoms with Crippen LogP contribution >= 0.6 is 11.6 Å². The van der Waals surface area contributed by atoms with Crippen LogP contribution < -0.4 is 15.7 Å². The van der Waals surface area contributed by atoms with Crippen LogP contribution in [0.3, 0.4) is 0 Å². The predicted octanol–water partition coefficient (Wildman–Crippen LogP) is 2.07. The summed E-state index contributed by atoms with van der Waals surface area (Å²) >= 11 is 6.04. The van der Waals surface area contributed by atoms with Gasteiger partial charge in [-0.3, -0.25) is 9.36 Å². The summed E-state index contributed by atoms with van der Waals surface area (Å²) in [6.07, 6.45) is 3.86. The number of carbonyl (C=O) groups is 1. The Hall–Kier alpha value is -2.28. The number of hydrogen-bond donors (Lipinski definition) is 1. The van der Waals surface area contributed by atoms with Crippen LogP contribution in [0.1, 0.15) is 25.1 Å². The van der Waals surface area contributed by atoms with E-state index in [4.69, 9.17) is 16.3 Å². The van der Waals surface area contributed by atoms with Gasteiger partial charge in [0.05, 0.1) is 12.1 Å². The van der Waals surface area contributed by atoms with E-state index >= 15 is 0 Å². The lowest BCUT2D eigenvalue weighted by molar-refractivity contribution is -0.117. The highest BCUT2D eigenvalue weighted by Crippen LogP contribution is 2.27. The van der Waals surface area contributed by atoms with Crippen molar-refractivity contribution in [2.24, 2.45) is 0 Å². The van der Waals surface area contributed by atoms with Crippen molar-refractivity contribution in [3.63, 3.8) is 0 Å². The van der Waals surface area contributed by atoms with Crippen molar-refractivity contribution in [3.05, 3.63) is 39.5 Å². The summed E-state index contributed by atoms with van der Waals surface area (Å²) in [6, 6.07) is 4.96. The van der Waals surface area contributed by atoms with Gasteiger partial charge in [0.15, 0.2) is 0 Å². The number of carbonyl (C=O) groups excluding carboxylic acids is 1. The Morgan fingerprint density at radius 3 is 2.96 bits per heavy atom. The Bertz CT molecular complexity index is 812. The number of nitrogens with one attached hydrogen (secondary N) is 1. The number of ether oxygens (including phenoxy) is 1. The van der Waals surface area contributed by atoms with E-state index in [1.54, 1.807) is 22.8 Å². The van der Waals surface area contributed by atoms with Gasteiger partial charge in [-0.2, -0.15) is 5.10 Å². The van der Waals surface area contributed by atoms with Gasteiger partial charge in [-0.05, 0) is 31.0 Å². The van der Waals surface area contributed by atoms with E-state index in [0.717, 1.165) is 31.5 Å². The quantitative estimate of drug-likeness (QED) is 0.915. The van der Waals surface area contributed by atoms with Crippen LogP contribution in [-0.4, -0.2) is 27.4 Å². The molecule has 0 unspecified atom stereocenters. The lowest BCUT2D eigenvalue weighted by Gasteiger charge is -2.07. The summed E-state index contributed by atoms with van der Waals surface area (Å²) in [5, 5.41) is 7.42. The van der Waals surface area contributed by atoms with Crippen molar-refractivity contribution in [1.82, 2.24) is 14.3 Å². The molecule has 0 radical (unpaired) electrons. The summed E-state index contributed by atoms with van der Waals surface area (Å²) in [7, 11) is 1.52. The van der Waals surface area contributed by atoms with Gasteiger partial charge < -0.3 is 10.1 Å². The largest absolute Gasteiger partial charge is 0.495 e. The third-order valence-corrected chi connectivity index (χ3v) is 4.31. The average Bonchev–Trinajstić information content (AvgIpc) is 2.73. The van der Waals surface area contributed by atoms with Crippen molar-refractivity contribution >= 4 is 23.2 Å². The first-order valence-electron chi connectivity index (χ1n) is 7.88. The summed E-state index contributed by atoms with van der Waals surface area (Å²) in [6.45, 7) is 0.548. The third kappa shape index (κ3) is 3.46. The van der Waals surface area contributed by atoms with Crippen LogP contribution in [-0.2, 0) is 24.3 Å². The van der Waals surface area contributed by atoms with Crippen LogP contribution in [0, 0.1) is 0 Å².